The normalized spacial score (nSPS) is 16.3. The topological polar surface area (TPSA) is 184 Å². The van der Waals surface area contributed by atoms with E-state index in [9.17, 15) is 34.8 Å². The van der Waals surface area contributed by atoms with Gasteiger partial charge >= 0.3 is 5.97 Å². The number of carbonyl (C=O) groups is 2. The summed E-state index contributed by atoms with van der Waals surface area (Å²) in [6.07, 6.45) is 0.850. The molecular formula is C39H40N4O8. The zero-order valence-electron chi connectivity index (χ0n) is 27.8. The van der Waals surface area contributed by atoms with E-state index < -0.39 is 17.7 Å². The summed E-state index contributed by atoms with van der Waals surface area (Å²) in [6, 6.07) is 28.3. The number of aliphatic hydroxyl groups excluding tert-OH is 1. The maximum atomic E-state index is 13.1. The van der Waals surface area contributed by atoms with Gasteiger partial charge in [-0.1, -0.05) is 60.7 Å². The summed E-state index contributed by atoms with van der Waals surface area (Å²) in [5.41, 5.74) is 0.539. The summed E-state index contributed by atoms with van der Waals surface area (Å²) < 4.78 is 5.78. The molecule has 1 amide bonds. The van der Waals surface area contributed by atoms with Gasteiger partial charge in [0.05, 0.1) is 11.6 Å². The predicted molar refractivity (Wildman–Crippen MR) is 192 cm³/mol. The van der Waals surface area contributed by atoms with Crippen molar-refractivity contribution >= 4 is 28.5 Å². The van der Waals surface area contributed by atoms with Crippen LogP contribution in [0.1, 0.15) is 41.2 Å². The van der Waals surface area contributed by atoms with Crippen molar-refractivity contribution < 1.29 is 34.8 Å². The number of fused-ring (bicyclic) bond motifs is 1. The minimum Gasteiger partial charge on any atom is -0.506 e. The largest absolute Gasteiger partial charge is 0.506 e. The lowest BCUT2D eigenvalue weighted by Gasteiger charge is -2.33. The molecule has 3 atom stereocenters. The Hall–Kier alpha value is -5.69. The van der Waals surface area contributed by atoms with Crippen LogP contribution in [-0.4, -0.2) is 74.5 Å². The number of carbonyl (C=O) groups excluding carboxylic acids is 1. The number of hydrogen-bond donors (Lipinski definition) is 7. The Morgan fingerprint density at radius 3 is 2.49 bits per heavy atom. The van der Waals surface area contributed by atoms with Gasteiger partial charge in [-0.15, -0.1) is 0 Å². The number of phenols is 1. The number of benzene rings is 4. The highest BCUT2D eigenvalue weighted by Gasteiger charge is 2.40. The van der Waals surface area contributed by atoms with Crippen LogP contribution in [0.3, 0.4) is 0 Å². The minimum atomic E-state index is -2.28. The maximum Gasteiger partial charge on any atom is 0.345 e. The van der Waals surface area contributed by atoms with Gasteiger partial charge in [-0.05, 0) is 65.9 Å². The number of aromatic nitrogens is 1. The van der Waals surface area contributed by atoms with Crippen LogP contribution in [0, 0.1) is 0 Å². The first-order valence-electron chi connectivity index (χ1n) is 16.7. The molecule has 7 N–H and O–H groups in total. The second kappa shape index (κ2) is 15.5. The highest BCUT2D eigenvalue weighted by molar-refractivity contribution is 5.87. The van der Waals surface area contributed by atoms with Crippen LogP contribution in [0.2, 0.25) is 0 Å². The highest BCUT2D eigenvalue weighted by Crippen LogP contribution is 2.32. The van der Waals surface area contributed by atoms with Crippen LogP contribution in [0.15, 0.2) is 108 Å². The number of rotatable bonds is 13. The molecule has 1 aliphatic rings. The fraction of sp³-hybridized carbons (Fsp3) is 0.256. The van der Waals surface area contributed by atoms with Crippen LogP contribution >= 0.6 is 0 Å². The lowest BCUT2D eigenvalue weighted by Crippen LogP contribution is -2.46. The third kappa shape index (κ3) is 8.04. The molecule has 0 unspecified atom stereocenters. The van der Waals surface area contributed by atoms with Crippen molar-refractivity contribution in [1.29, 1.82) is 0 Å². The molecule has 12 nitrogen and oxygen atoms in total. The smallest absolute Gasteiger partial charge is 0.345 e. The van der Waals surface area contributed by atoms with E-state index in [1.807, 2.05) is 24.3 Å². The number of aliphatic hydroxyl groups is 2. The Kier molecular flexibility index (Phi) is 10.7. The van der Waals surface area contributed by atoms with E-state index in [1.165, 1.54) is 24.3 Å². The molecule has 1 fully saturated rings. The second-order valence-electron chi connectivity index (χ2n) is 12.7. The monoisotopic (exact) mass is 692 g/mol. The molecule has 5 aromatic rings. The Balaban J connectivity index is 0.985. The van der Waals surface area contributed by atoms with Crippen LogP contribution in [-0.2, 0) is 21.7 Å². The van der Waals surface area contributed by atoms with Crippen LogP contribution in [0.5, 0.6) is 11.5 Å². The van der Waals surface area contributed by atoms with E-state index in [-0.39, 0.29) is 53.3 Å². The number of piperidine rings is 1. The summed E-state index contributed by atoms with van der Waals surface area (Å²) in [7, 11) is 0. The molecule has 51 heavy (non-hydrogen) atoms. The molecule has 0 aliphatic carbocycles. The van der Waals surface area contributed by atoms with E-state index in [0.717, 1.165) is 24.1 Å². The predicted octanol–water partition coefficient (Wildman–Crippen LogP) is 3.86. The van der Waals surface area contributed by atoms with Crippen molar-refractivity contribution in [1.82, 2.24) is 15.2 Å². The summed E-state index contributed by atoms with van der Waals surface area (Å²) in [4.78, 5) is 41.3. The highest BCUT2D eigenvalue weighted by atomic mass is 16.5. The fourth-order valence-corrected chi connectivity index (χ4v) is 6.43. The molecule has 2 heterocycles. The molecule has 1 aliphatic heterocycles. The number of nitrogens with one attached hydrogen (secondary N) is 3. The van der Waals surface area contributed by atoms with Gasteiger partial charge in [-0.3, -0.25) is 9.59 Å². The molecule has 0 spiro atoms. The van der Waals surface area contributed by atoms with Gasteiger partial charge in [0, 0.05) is 54.9 Å². The number of anilines is 1. The number of aromatic amines is 1. The summed E-state index contributed by atoms with van der Waals surface area (Å²) in [5.74, 6) is -1.39. The number of likely N-dealkylation sites (tertiary alicyclic amines) is 1. The van der Waals surface area contributed by atoms with Crippen LogP contribution < -0.4 is 20.9 Å². The molecule has 264 valence electrons. The summed E-state index contributed by atoms with van der Waals surface area (Å²) in [5, 5.41) is 49.4. The molecule has 0 saturated carbocycles. The number of ether oxygens (including phenoxy) is 1. The average Bonchev–Trinajstić information content (AvgIpc) is 3.15. The van der Waals surface area contributed by atoms with Crippen molar-refractivity contribution in [2.45, 2.75) is 37.1 Å². The zero-order chi connectivity index (χ0) is 36.0. The summed E-state index contributed by atoms with van der Waals surface area (Å²) >= 11 is 0. The number of aromatic hydroxyl groups is 1. The lowest BCUT2D eigenvalue weighted by molar-refractivity contribution is -0.155. The molecule has 12 heteroatoms. The van der Waals surface area contributed by atoms with E-state index in [4.69, 9.17) is 4.74 Å². The fourth-order valence-electron chi connectivity index (χ4n) is 6.43. The summed E-state index contributed by atoms with van der Waals surface area (Å²) in [6.45, 7) is 1.64. The first-order chi connectivity index (χ1) is 24.6. The molecule has 0 bridgehead atoms. The first kappa shape index (κ1) is 35.1. The average molecular weight is 693 g/mol. The Bertz CT molecular complexity index is 2050. The number of carboxylic acids is 1. The van der Waals surface area contributed by atoms with Gasteiger partial charge in [-0.25, -0.2) is 4.79 Å². The van der Waals surface area contributed by atoms with Crippen molar-refractivity contribution in [3.05, 3.63) is 136 Å². The third-order valence-electron chi connectivity index (χ3n) is 9.15. The molecule has 0 radical (unpaired) electrons. The van der Waals surface area contributed by atoms with Crippen LogP contribution in [0.4, 0.5) is 5.69 Å². The van der Waals surface area contributed by atoms with Gasteiger partial charge in [0.2, 0.25) is 11.2 Å². The Labute approximate surface area is 294 Å². The third-order valence-corrected chi connectivity index (χ3v) is 9.15. The van der Waals surface area contributed by atoms with E-state index in [0.29, 0.717) is 36.1 Å². The number of H-pyrrole nitrogens is 1. The van der Waals surface area contributed by atoms with Crippen molar-refractivity contribution in [2.75, 3.05) is 31.6 Å². The van der Waals surface area contributed by atoms with Gasteiger partial charge in [-0.2, -0.15) is 0 Å². The number of phenolic OH excluding ortho intramolecular Hbond substituents is 1. The minimum absolute atomic E-state index is 0.0386. The molecule has 4 aromatic carbocycles. The number of aliphatic carboxylic acids is 1. The molecule has 6 rings (SSSR count). The Morgan fingerprint density at radius 1 is 0.961 bits per heavy atom. The number of nitrogens with zero attached hydrogens (tertiary/aromatic N) is 1. The molecular weight excluding hydrogens is 652 g/mol. The van der Waals surface area contributed by atoms with Gasteiger partial charge < -0.3 is 45.7 Å². The van der Waals surface area contributed by atoms with E-state index >= 15 is 0 Å². The van der Waals surface area contributed by atoms with Gasteiger partial charge in [0.1, 0.15) is 11.5 Å². The second-order valence-corrected chi connectivity index (χ2v) is 12.7. The Morgan fingerprint density at radius 2 is 1.73 bits per heavy atom. The zero-order valence-corrected chi connectivity index (χ0v) is 27.8. The molecule has 1 saturated heterocycles. The van der Waals surface area contributed by atoms with E-state index in [2.05, 4.69) is 15.6 Å². The SMILES string of the molecule is O=C(COc1cccc([C@](O)(C(=O)O)c2ccccc2)c1)N1CCC[C@@H](Nc2ccc(CNC[C@H](O)c3ccc(O)c4[nH]c(=O)ccc34)cc2)C1. The quantitative estimate of drug-likeness (QED) is 0.0957. The van der Waals surface area contributed by atoms with Crippen molar-refractivity contribution in [3.8, 4) is 11.5 Å². The molecule has 1 aromatic heterocycles. The van der Waals surface area contributed by atoms with Crippen LogP contribution in [0.25, 0.3) is 10.9 Å². The van der Waals surface area contributed by atoms with E-state index in [1.54, 1.807) is 59.5 Å². The first-order valence-corrected chi connectivity index (χ1v) is 16.7. The van der Waals surface area contributed by atoms with Gasteiger partial charge in [0.15, 0.2) is 6.61 Å². The van der Waals surface area contributed by atoms with Crippen molar-refractivity contribution in [3.63, 3.8) is 0 Å². The number of carboxylic acid groups (broad SMARTS) is 1. The van der Waals surface area contributed by atoms with Crippen molar-refractivity contribution in [2.24, 2.45) is 0 Å². The number of pyridine rings is 1. The maximum absolute atomic E-state index is 13.1. The number of hydrogen-bond acceptors (Lipinski definition) is 9. The number of amides is 1. The lowest BCUT2D eigenvalue weighted by atomic mass is 9.86. The van der Waals surface area contributed by atoms with Gasteiger partial charge in [0.25, 0.3) is 5.91 Å². The standard InChI is InChI=1S/C39H40N4O8/c44-33-17-15-31(32-16-18-35(46)42-37(32)33)34(45)22-40-21-25-11-13-28(14-12-25)41-29-9-5-19-43(23-29)36(47)24-51-30-10-4-8-27(20-30)39(50,38(48)49)26-6-2-1-3-7-26/h1-4,6-8,10-18,20,29,34,40-41,44-45,50H,5,9,19,21-24H2,(H,42,46)(H,48,49)/t29-,34+,39+/m1/s1.